The summed E-state index contributed by atoms with van der Waals surface area (Å²) < 4.78 is 19.7. The molecule has 0 saturated heterocycles. The molecule has 8 heteroatoms. The second kappa shape index (κ2) is 7.75. The molecule has 28 heavy (non-hydrogen) atoms. The molecule has 7 nitrogen and oxygen atoms in total. The summed E-state index contributed by atoms with van der Waals surface area (Å²) in [5.74, 6) is 0.234. The van der Waals surface area contributed by atoms with Crippen molar-refractivity contribution < 1.29 is 13.9 Å². The van der Waals surface area contributed by atoms with Crippen LogP contribution in [0.3, 0.4) is 0 Å². The van der Waals surface area contributed by atoms with Crippen LogP contribution >= 0.6 is 0 Å². The molecule has 4 aromatic rings. The lowest BCUT2D eigenvalue weighted by Gasteiger charge is -2.12. The molecule has 0 aromatic carbocycles. The van der Waals surface area contributed by atoms with Gasteiger partial charge in [0.2, 0.25) is 0 Å². The number of halogens is 1. The highest BCUT2D eigenvalue weighted by Gasteiger charge is 2.20. The quantitative estimate of drug-likeness (QED) is 0.542. The monoisotopic (exact) mass is 381 g/mol. The normalized spacial score (nSPS) is 14.2. The maximum Gasteiger partial charge on any atom is 0.292 e. The maximum absolute atomic E-state index is 13.6. The molecule has 0 radical (unpaired) electrons. The molecule has 0 unspecified atom stereocenters. The van der Waals surface area contributed by atoms with Gasteiger partial charge < -0.3 is 14.3 Å². The van der Waals surface area contributed by atoms with Crippen molar-refractivity contribution in [2.24, 2.45) is 0 Å². The topological polar surface area (TPSA) is 85.7 Å². The van der Waals surface area contributed by atoms with E-state index in [-0.39, 0.29) is 5.82 Å². The Morgan fingerprint density at radius 2 is 2.07 bits per heavy atom. The van der Waals surface area contributed by atoms with Gasteiger partial charge in [-0.15, -0.1) is 0 Å². The number of methoxy groups -OCH3 is 1. The average molecular weight is 381 g/mol. The lowest BCUT2D eigenvalue weighted by Crippen LogP contribution is -2.04. The Hall–Kier alpha value is -3.29. The molecule has 1 aliphatic rings. The number of fused-ring (bicyclic) bond motifs is 2. The van der Waals surface area contributed by atoms with Crippen molar-refractivity contribution in [2.75, 3.05) is 7.11 Å². The summed E-state index contributed by atoms with van der Waals surface area (Å²) in [6.45, 7) is 0.375. The first-order valence-corrected chi connectivity index (χ1v) is 9.14. The molecular formula is C20H20FN5O2. The number of H-pyrrole nitrogens is 1. The number of aromatic nitrogens is 5. The van der Waals surface area contributed by atoms with Gasteiger partial charge in [0.15, 0.2) is 5.82 Å². The number of hydrogen-bond acceptors (Lipinski definition) is 5. The molecule has 1 fully saturated rings. The molecule has 5 rings (SSSR count). The number of nitrogens with one attached hydrogen (secondary N) is 1. The minimum Gasteiger partial charge on any atom is -0.471 e. The second-order valence-electron chi connectivity index (χ2n) is 6.72. The third-order valence-electron chi connectivity index (χ3n) is 5.01. The molecule has 4 heterocycles. The smallest absolute Gasteiger partial charge is 0.292 e. The fourth-order valence-corrected chi connectivity index (χ4v) is 3.71. The van der Waals surface area contributed by atoms with Crippen molar-refractivity contribution >= 4 is 28.5 Å². The Labute approximate surface area is 160 Å². The number of carbonyl (C=O) groups is 1. The standard InChI is InChI=1S/C18H16FN5.C2H4O2/c19-12-7-14-15(10-22-16(14)21-9-12)17-20-8-11-5-6-24(18(11)23-17)13-3-1-2-4-13;1-4-2-3/h5-10,13H,1-4H2,(H,21,22);2H,1H3. The number of rotatable bonds is 3. The van der Waals surface area contributed by atoms with Crippen molar-refractivity contribution in [2.45, 2.75) is 31.7 Å². The lowest BCUT2D eigenvalue weighted by atomic mass is 10.2. The maximum atomic E-state index is 13.6. The molecule has 0 aliphatic heterocycles. The van der Waals surface area contributed by atoms with E-state index >= 15 is 0 Å². The van der Waals surface area contributed by atoms with Crippen LogP contribution in [0.5, 0.6) is 0 Å². The predicted octanol–water partition coefficient (Wildman–Crippen LogP) is 4.02. The third kappa shape index (κ3) is 3.33. The van der Waals surface area contributed by atoms with Gasteiger partial charge >= 0.3 is 0 Å². The fourth-order valence-electron chi connectivity index (χ4n) is 3.71. The van der Waals surface area contributed by atoms with Crippen molar-refractivity contribution in [3.63, 3.8) is 0 Å². The van der Waals surface area contributed by atoms with Crippen LogP contribution < -0.4 is 0 Å². The second-order valence-corrected chi connectivity index (χ2v) is 6.72. The lowest BCUT2D eigenvalue weighted by molar-refractivity contribution is -0.126. The van der Waals surface area contributed by atoms with E-state index in [9.17, 15) is 4.39 Å². The van der Waals surface area contributed by atoms with Gasteiger partial charge in [-0.2, -0.15) is 0 Å². The summed E-state index contributed by atoms with van der Waals surface area (Å²) >= 11 is 0. The van der Waals surface area contributed by atoms with Crippen LogP contribution in [0, 0.1) is 5.82 Å². The molecule has 0 bridgehead atoms. The van der Waals surface area contributed by atoms with Gasteiger partial charge in [-0.3, -0.25) is 4.79 Å². The fraction of sp³-hybridized carbons (Fsp3) is 0.300. The molecule has 4 aromatic heterocycles. The van der Waals surface area contributed by atoms with Crippen LogP contribution in [0.25, 0.3) is 33.5 Å². The van der Waals surface area contributed by atoms with Crippen LogP contribution in [0.15, 0.2) is 36.9 Å². The van der Waals surface area contributed by atoms with Crippen LogP contribution in [0.1, 0.15) is 31.7 Å². The number of aromatic amines is 1. The van der Waals surface area contributed by atoms with Crippen molar-refractivity contribution in [1.29, 1.82) is 0 Å². The van der Waals surface area contributed by atoms with E-state index in [0.717, 1.165) is 16.6 Å². The zero-order valence-corrected chi connectivity index (χ0v) is 15.4. The summed E-state index contributed by atoms with van der Waals surface area (Å²) in [5.41, 5.74) is 2.37. The molecule has 0 amide bonds. The zero-order chi connectivity index (χ0) is 19.5. The van der Waals surface area contributed by atoms with Crippen molar-refractivity contribution in [3.8, 4) is 11.4 Å². The minimum absolute atomic E-state index is 0.362. The summed E-state index contributed by atoms with van der Waals surface area (Å²) in [6.07, 6.45) is 11.9. The highest BCUT2D eigenvalue weighted by Crippen LogP contribution is 2.33. The first-order chi connectivity index (χ1) is 13.7. The van der Waals surface area contributed by atoms with Gasteiger partial charge in [-0.1, -0.05) is 12.8 Å². The highest BCUT2D eigenvalue weighted by molar-refractivity contribution is 5.92. The van der Waals surface area contributed by atoms with E-state index in [4.69, 9.17) is 9.78 Å². The van der Waals surface area contributed by atoms with E-state index in [1.165, 1.54) is 45.1 Å². The predicted molar refractivity (Wildman–Crippen MR) is 103 cm³/mol. The van der Waals surface area contributed by atoms with Crippen molar-refractivity contribution in [3.05, 3.63) is 42.7 Å². The zero-order valence-electron chi connectivity index (χ0n) is 15.4. The molecule has 144 valence electrons. The summed E-state index contributed by atoms with van der Waals surface area (Å²) in [5, 5.41) is 1.74. The molecule has 1 aliphatic carbocycles. The van der Waals surface area contributed by atoms with Crippen LogP contribution in [-0.2, 0) is 9.53 Å². The molecule has 0 spiro atoms. The van der Waals surface area contributed by atoms with Crippen LogP contribution in [0.4, 0.5) is 4.39 Å². The molecular weight excluding hydrogens is 361 g/mol. The average Bonchev–Trinajstić information content (AvgIpc) is 3.46. The Balaban J connectivity index is 0.000000442. The minimum atomic E-state index is -0.362. The van der Waals surface area contributed by atoms with Gasteiger partial charge in [0, 0.05) is 41.0 Å². The molecule has 1 saturated carbocycles. The summed E-state index contributed by atoms with van der Waals surface area (Å²) in [6, 6.07) is 4.05. The third-order valence-corrected chi connectivity index (χ3v) is 5.01. The van der Waals surface area contributed by atoms with Gasteiger partial charge in [-0.05, 0) is 25.0 Å². The highest BCUT2D eigenvalue weighted by atomic mass is 19.1. The van der Waals surface area contributed by atoms with Gasteiger partial charge in [-0.25, -0.2) is 19.3 Å². The number of pyridine rings is 1. The van der Waals surface area contributed by atoms with E-state index in [0.29, 0.717) is 29.4 Å². The number of carbonyl (C=O) groups excluding carboxylic acids is 1. The van der Waals surface area contributed by atoms with Gasteiger partial charge in [0.25, 0.3) is 6.47 Å². The first-order valence-electron chi connectivity index (χ1n) is 9.14. The molecule has 1 N–H and O–H groups in total. The van der Waals surface area contributed by atoms with Crippen molar-refractivity contribution in [1.82, 2.24) is 24.5 Å². The van der Waals surface area contributed by atoms with E-state index in [2.05, 4.69) is 36.5 Å². The van der Waals surface area contributed by atoms with Gasteiger partial charge in [0.1, 0.15) is 17.1 Å². The van der Waals surface area contributed by atoms with E-state index in [1.807, 2.05) is 6.20 Å². The largest absolute Gasteiger partial charge is 0.471 e. The number of ether oxygens (including phenoxy) is 1. The van der Waals surface area contributed by atoms with E-state index in [1.54, 1.807) is 6.20 Å². The first kappa shape index (κ1) is 18.1. The summed E-state index contributed by atoms with van der Waals surface area (Å²) in [4.78, 5) is 25.3. The number of nitrogens with zero attached hydrogens (tertiary/aromatic N) is 4. The van der Waals surface area contributed by atoms with E-state index < -0.39 is 0 Å². The summed E-state index contributed by atoms with van der Waals surface area (Å²) in [7, 11) is 1.31. The van der Waals surface area contributed by atoms with Gasteiger partial charge in [0.05, 0.1) is 13.3 Å². The Morgan fingerprint density at radius 3 is 2.82 bits per heavy atom. The number of hydrogen-bond donors (Lipinski definition) is 1. The Morgan fingerprint density at radius 1 is 1.29 bits per heavy atom. The van der Waals surface area contributed by atoms with Crippen LogP contribution in [-0.4, -0.2) is 38.1 Å². The Kier molecular flexibility index (Phi) is 5.01. The molecule has 0 atom stereocenters. The SMILES string of the molecule is COC=O.Fc1cnc2[nH]cc(-c3ncc4ccn(C5CCCC5)c4n3)c2c1. The Bertz CT molecular complexity index is 1110. The van der Waals surface area contributed by atoms with Crippen LogP contribution in [0.2, 0.25) is 0 Å².